The van der Waals surface area contributed by atoms with Gasteiger partial charge in [-0.1, -0.05) is 42.5 Å². The van der Waals surface area contributed by atoms with Crippen LogP contribution in [0.2, 0.25) is 0 Å². The highest BCUT2D eigenvalue weighted by Crippen LogP contribution is 2.20. The summed E-state index contributed by atoms with van der Waals surface area (Å²) in [6.45, 7) is 6.97. The maximum absolute atomic E-state index is 12.5. The minimum Gasteiger partial charge on any atom is -0.340 e. The van der Waals surface area contributed by atoms with E-state index < -0.39 is 0 Å². The molecule has 1 aromatic rings. The summed E-state index contributed by atoms with van der Waals surface area (Å²) < 4.78 is 0. The molecule has 1 aromatic carbocycles. The normalized spacial score (nSPS) is 21.1. The lowest BCUT2D eigenvalue weighted by molar-refractivity contribution is -0.134. The number of likely N-dealkylation sites (tertiary alicyclic amines) is 1. The smallest absolute Gasteiger partial charge is 0.222 e. The summed E-state index contributed by atoms with van der Waals surface area (Å²) in [6.07, 6.45) is 7.50. The highest BCUT2D eigenvalue weighted by Gasteiger charge is 2.25. The number of hydrogen-bond donors (Lipinski definition) is 0. The minimum absolute atomic E-state index is 0.369. The predicted molar refractivity (Wildman–Crippen MR) is 103 cm³/mol. The summed E-state index contributed by atoms with van der Waals surface area (Å²) in [4.78, 5) is 19.4. The molecule has 0 radical (unpaired) electrons. The SMILES string of the molecule is CN1CCC(CC(=O)N2CCN(C/C=C/c3ccccc3)CC2)CC1. The molecule has 0 unspecified atom stereocenters. The van der Waals surface area contributed by atoms with Crippen LogP contribution < -0.4 is 0 Å². The van der Waals surface area contributed by atoms with Crippen LogP contribution >= 0.6 is 0 Å². The van der Waals surface area contributed by atoms with Gasteiger partial charge in [0.2, 0.25) is 5.91 Å². The summed E-state index contributed by atoms with van der Waals surface area (Å²) in [6, 6.07) is 10.4. The van der Waals surface area contributed by atoms with Gasteiger partial charge >= 0.3 is 0 Å². The van der Waals surface area contributed by atoms with Gasteiger partial charge in [0.05, 0.1) is 0 Å². The largest absolute Gasteiger partial charge is 0.340 e. The lowest BCUT2D eigenvalue weighted by Crippen LogP contribution is -2.49. The monoisotopic (exact) mass is 341 g/mol. The van der Waals surface area contributed by atoms with Gasteiger partial charge in [0, 0.05) is 39.1 Å². The van der Waals surface area contributed by atoms with E-state index in [1.54, 1.807) is 0 Å². The van der Waals surface area contributed by atoms with Crippen molar-refractivity contribution in [2.45, 2.75) is 19.3 Å². The molecule has 3 rings (SSSR count). The van der Waals surface area contributed by atoms with Crippen LogP contribution in [-0.2, 0) is 4.79 Å². The zero-order valence-corrected chi connectivity index (χ0v) is 15.4. The molecule has 136 valence electrons. The summed E-state index contributed by atoms with van der Waals surface area (Å²) in [5, 5.41) is 0. The van der Waals surface area contributed by atoms with Crippen molar-refractivity contribution in [3.63, 3.8) is 0 Å². The number of benzene rings is 1. The molecule has 2 aliphatic heterocycles. The standard InChI is InChI=1S/C21H31N3O/c1-22-12-9-20(10-13-22)18-21(25)24-16-14-23(15-17-24)11-5-8-19-6-3-2-4-7-19/h2-8,20H,9-18H2,1H3/b8-5+. The molecule has 0 saturated carbocycles. The molecule has 4 nitrogen and oxygen atoms in total. The Hall–Kier alpha value is -1.65. The van der Waals surface area contributed by atoms with Crippen LogP contribution in [0.15, 0.2) is 36.4 Å². The molecule has 25 heavy (non-hydrogen) atoms. The Balaban J connectivity index is 1.36. The van der Waals surface area contributed by atoms with Gasteiger partial charge in [-0.05, 0) is 44.5 Å². The lowest BCUT2D eigenvalue weighted by atomic mass is 9.93. The molecule has 2 heterocycles. The number of carbonyl (C=O) groups is 1. The van der Waals surface area contributed by atoms with E-state index in [1.165, 1.54) is 18.4 Å². The van der Waals surface area contributed by atoms with Gasteiger partial charge in [-0.25, -0.2) is 0 Å². The molecule has 0 bridgehead atoms. The molecule has 0 atom stereocenters. The van der Waals surface area contributed by atoms with Crippen molar-refractivity contribution in [3.8, 4) is 0 Å². The van der Waals surface area contributed by atoms with E-state index in [1.807, 2.05) is 6.07 Å². The minimum atomic E-state index is 0.369. The fourth-order valence-corrected chi connectivity index (χ4v) is 3.72. The van der Waals surface area contributed by atoms with E-state index in [9.17, 15) is 4.79 Å². The fraction of sp³-hybridized carbons (Fsp3) is 0.571. The lowest BCUT2D eigenvalue weighted by Gasteiger charge is -2.36. The number of amides is 1. The Kier molecular flexibility index (Phi) is 6.65. The molecular weight excluding hydrogens is 310 g/mol. The number of piperidine rings is 1. The van der Waals surface area contributed by atoms with E-state index in [4.69, 9.17) is 0 Å². The number of nitrogens with zero attached hydrogens (tertiary/aromatic N) is 3. The van der Waals surface area contributed by atoms with Crippen LogP contribution in [0.25, 0.3) is 6.08 Å². The molecule has 2 fully saturated rings. The van der Waals surface area contributed by atoms with Gasteiger partial charge in [0.15, 0.2) is 0 Å². The van der Waals surface area contributed by atoms with Crippen molar-refractivity contribution in [1.82, 2.24) is 14.7 Å². The van der Waals surface area contributed by atoms with E-state index in [0.29, 0.717) is 11.8 Å². The third-order valence-electron chi connectivity index (χ3n) is 5.50. The topological polar surface area (TPSA) is 26.8 Å². The molecule has 0 spiro atoms. The van der Waals surface area contributed by atoms with Crippen LogP contribution in [0.3, 0.4) is 0 Å². The van der Waals surface area contributed by atoms with Crippen LogP contribution in [0.4, 0.5) is 0 Å². The van der Waals surface area contributed by atoms with Gasteiger partial charge in [0.1, 0.15) is 0 Å². The van der Waals surface area contributed by atoms with Gasteiger partial charge < -0.3 is 9.80 Å². The van der Waals surface area contributed by atoms with E-state index in [2.05, 4.69) is 58.2 Å². The second kappa shape index (κ2) is 9.16. The Morgan fingerprint density at radius 1 is 1.04 bits per heavy atom. The van der Waals surface area contributed by atoms with Crippen molar-refractivity contribution >= 4 is 12.0 Å². The third-order valence-corrected chi connectivity index (χ3v) is 5.50. The molecule has 0 aromatic heterocycles. The Morgan fingerprint density at radius 3 is 2.40 bits per heavy atom. The summed E-state index contributed by atoms with van der Waals surface area (Å²) in [5.41, 5.74) is 1.24. The number of carbonyl (C=O) groups excluding carboxylic acids is 1. The first-order chi connectivity index (χ1) is 12.2. The number of hydrogen-bond acceptors (Lipinski definition) is 3. The van der Waals surface area contributed by atoms with Gasteiger partial charge in [0.25, 0.3) is 0 Å². The summed E-state index contributed by atoms with van der Waals surface area (Å²) >= 11 is 0. The van der Waals surface area contributed by atoms with Crippen LogP contribution in [-0.4, -0.2) is 73.5 Å². The van der Waals surface area contributed by atoms with E-state index >= 15 is 0 Å². The maximum Gasteiger partial charge on any atom is 0.222 e. The Bertz CT molecular complexity index is 556. The molecule has 0 N–H and O–H groups in total. The zero-order chi connectivity index (χ0) is 17.5. The number of piperazine rings is 1. The third kappa shape index (κ3) is 5.68. The van der Waals surface area contributed by atoms with E-state index in [-0.39, 0.29) is 0 Å². The summed E-state index contributed by atoms with van der Waals surface area (Å²) in [7, 11) is 2.17. The Morgan fingerprint density at radius 2 is 1.72 bits per heavy atom. The quantitative estimate of drug-likeness (QED) is 0.824. The van der Waals surface area contributed by atoms with Crippen molar-refractivity contribution in [2.24, 2.45) is 5.92 Å². The van der Waals surface area contributed by atoms with Gasteiger partial charge in [-0.15, -0.1) is 0 Å². The maximum atomic E-state index is 12.5. The molecule has 2 aliphatic rings. The second-order valence-corrected chi connectivity index (χ2v) is 7.45. The van der Waals surface area contributed by atoms with Crippen molar-refractivity contribution < 1.29 is 4.79 Å². The average molecular weight is 341 g/mol. The van der Waals surface area contributed by atoms with Crippen LogP contribution in [0, 0.1) is 5.92 Å². The van der Waals surface area contributed by atoms with Crippen LogP contribution in [0.5, 0.6) is 0 Å². The van der Waals surface area contributed by atoms with Gasteiger partial charge in [-0.2, -0.15) is 0 Å². The van der Waals surface area contributed by atoms with Crippen molar-refractivity contribution in [1.29, 1.82) is 0 Å². The Labute approximate surface area is 152 Å². The van der Waals surface area contributed by atoms with Crippen LogP contribution in [0.1, 0.15) is 24.8 Å². The first kappa shape index (κ1) is 18.2. The highest BCUT2D eigenvalue weighted by atomic mass is 16.2. The van der Waals surface area contributed by atoms with E-state index in [0.717, 1.165) is 52.2 Å². The molecule has 1 amide bonds. The van der Waals surface area contributed by atoms with Gasteiger partial charge in [-0.3, -0.25) is 9.69 Å². The molecule has 2 saturated heterocycles. The number of rotatable bonds is 5. The second-order valence-electron chi connectivity index (χ2n) is 7.45. The highest BCUT2D eigenvalue weighted by molar-refractivity contribution is 5.76. The molecule has 4 heteroatoms. The molecule has 0 aliphatic carbocycles. The predicted octanol–water partition coefficient (Wildman–Crippen LogP) is 2.58. The van der Waals surface area contributed by atoms with Crippen molar-refractivity contribution in [2.75, 3.05) is 52.9 Å². The summed E-state index contributed by atoms with van der Waals surface area (Å²) in [5.74, 6) is 0.963. The fourth-order valence-electron chi connectivity index (χ4n) is 3.72. The average Bonchev–Trinajstić information content (AvgIpc) is 2.65. The molecular formula is C21H31N3O. The van der Waals surface area contributed by atoms with Crippen molar-refractivity contribution in [3.05, 3.63) is 42.0 Å². The first-order valence-corrected chi connectivity index (χ1v) is 9.61. The first-order valence-electron chi connectivity index (χ1n) is 9.61. The zero-order valence-electron chi connectivity index (χ0n) is 15.4.